The molecule has 6 heteroatoms. The number of piperazine rings is 1. The zero-order valence-corrected chi connectivity index (χ0v) is 10.8. The second-order valence-electron chi connectivity index (χ2n) is 4.93. The van der Waals surface area contributed by atoms with E-state index >= 15 is 0 Å². The van der Waals surface area contributed by atoms with Crippen LogP contribution in [0, 0.1) is 5.92 Å². The highest BCUT2D eigenvalue weighted by atomic mass is 32.2. The molecule has 1 amide bonds. The number of hydrogen-bond acceptors (Lipinski definition) is 4. The average Bonchev–Trinajstić information content (AvgIpc) is 2.33. The van der Waals surface area contributed by atoms with Gasteiger partial charge in [-0.25, -0.2) is 8.42 Å². The molecule has 0 aromatic heterocycles. The Balaban J connectivity index is 1.79. The highest BCUT2D eigenvalue weighted by molar-refractivity contribution is 7.91. The molecule has 2 rings (SSSR count). The summed E-state index contributed by atoms with van der Waals surface area (Å²) in [6.45, 7) is 3.29. The summed E-state index contributed by atoms with van der Waals surface area (Å²) in [6.07, 6.45) is 1.83. The Bertz CT molecular complexity index is 360. The molecule has 1 N–H and O–H groups in total. The summed E-state index contributed by atoms with van der Waals surface area (Å²) in [7, 11) is -2.81. The van der Waals surface area contributed by atoms with Gasteiger partial charge in [0.1, 0.15) is 9.84 Å². The molecule has 2 saturated heterocycles. The highest BCUT2D eigenvalue weighted by Crippen LogP contribution is 2.22. The normalized spacial score (nSPS) is 25.8. The molecule has 0 aromatic rings. The van der Waals surface area contributed by atoms with Crippen LogP contribution in [0.5, 0.6) is 0 Å². The summed E-state index contributed by atoms with van der Waals surface area (Å²) in [5, 5.41) is 3.21. The van der Waals surface area contributed by atoms with Crippen molar-refractivity contribution >= 4 is 15.7 Å². The Morgan fingerprint density at radius 2 is 1.76 bits per heavy atom. The van der Waals surface area contributed by atoms with Gasteiger partial charge in [-0.2, -0.15) is 0 Å². The van der Waals surface area contributed by atoms with E-state index in [2.05, 4.69) is 5.32 Å². The molecule has 0 spiro atoms. The van der Waals surface area contributed by atoms with Gasteiger partial charge in [-0.05, 0) is 18.8 Å². The Morgan fingerprint density at radius 3 is 2.35 bits per heavy atom. The van der Waals surface area contributed by atoms with Gasteiger partial charge in [-0.1, -0.05) is 0 Å². The van der Waals surface area contributed by atoms with Gasteiger partial charge in [-0.3, -0.25) is 4.79 Å². The van der Waals surface area contributed by atoms with E-state index in [0.717, 1.165) is 26.2 Å². The van der Waals surface area contributed by atoms with Crippen LogP contribution in [0.1, 0.15) is 19.3 Å². The Kier molecular flexibility index (Phi) is 4.04. The maximum atomic E-state index is 12.0. The number of nitrogens with zero attached hydrogens (tertiary/aromatic N) is 1. The van der Waals surface area contributed by atoms with Crippen molar-refractivity contribution in [3.05, 3.63) is 0 Å². The summed E-state index contributed by atoms with van der Waals surface area (Å²) in [5.74, 6) is 0.968. The van der Waals surface area contributed by atoms with Gasteiger partial charge < -0.3 is 10.2 Å². The second kappa shape index (κ2) is 5.35. The molecule has 17 heavy (non-hydrogen) atoms. The van der Waals surface area contributed by atoms with Gasteiger partial charge in [0.25, 0.3) is 0 Å². The minimum Gasteiger partial charge on any atom is -0.340 e. The van der Waals surface area contributed by atoms with E-state index < -0.39 is 9.84 Å². The van der Waals surface area contributed by atoms with Crippen molar-refractivity contribution in [1.29, 1.82) is 0 Å². The van der Waals surface area contributed by atoms with Crippen molar-refractivity contribution in [2.24, 2.45) is 5.92 Å². The molecular weight excluding hydrogens is 240 g/mol. The van der Waals surface area contributed by atoms with Gasteiger partial charge in [0.15, 0.2) is 0 Å². The van der Waals surface area contributed by atoms with Gasteiger partial charge >= 0.3 is 0 Å². The summed E-state index contributed by atoms with van der Waals surface area (Å²) >= 11 is 0. The molecule has 2 aliphatic heterocycles. The van der Waals surface area contributed by atoms with E-state index in [1.54, 1.807) is 0 Å². The first-order chi connectivity index (χ1) is 8.07. The molecule has 0 aliphatic carbocycles. The lowest BCUT2D eigenvalue weighted by molar-refractivity contribution is -0.132. The van der Waals surface area contributed by atoms with Crippen molar-refractivity contribution in [2.45, 2.75) is 19.3 Å². The maximum absolute atomic E-state index is 12.0. The number of nitrogens with one attached hydrogen (secondary N) is 1. The minimum absolute atomic E-state index is 0.191. The van der Waals surface area contributed by atoms with Gasteiger partial charge in [0.05, 0.1) is 11.5 Å². The molecule has 0 radical (unpaired) electrons. The van der Waals surface area contributed by atoms with E-state index in [9.17, 15) is 13.2 Å². The molecule has 2 aliphatic rings. The summed E-state index contributed by atoms with van der Waals surface area (Å²) in [6, 6.07) is 0. The smallest absolute Gasteiger partial charge is 0.222 e. The van der Waals surface area contributed by atoms with Crippen LogP contribution in [0.2, 0.25) is 0 Å². The van der Waals surface area contributed by atoms with Gasteiger partial charge in [0.2, 0.25) is 5.91 Å². The van der Waals surface area contributed by atoms with Crippen LogP contribution in [0.3, 0.4) is 0 Å². The molecule has 2 heterocycles. The molecule has 98 valence electrons. The summed E-state index contributed by atoms with van der Waals surface area (Å²) < 4.78 is 22.6. The van der Waals surface area contributed by atoms with Crippen LogP contribution in [-0.4, -0.2) is 56.9 Å². The second-order valence-corrected chi connectivity index (χ2v) is 7.23. The third-order valence-corrected chi connectivity index (χ3v) is 5.32. The lowest BCUT2D eigenvalue weighted by Crippen LogP contribution is -2.47. The summed E-state index contributed by atoms with van der Waals surface area (Å²) in [5.41, 5.74) is 0. The molecule has 2 fully saturated rings. The number of rotatable bonds is 2. The lowest BCUT2D eigenvalue weighted by Gasteiger charge is -2.30. The van der Waals surface area contributed by atoms with Crippen LogP contribution < -0.4 is 5.32 Å². The van der Waals surface area contributed by atoms with Crippen LogP contribution >= 0.6 is 0 Å². The Hall–Kier alpha value is -0.620. The van der Waals surface area contributed by atoms with E-state index in [0.29, 0.717) is 19.3 Å². The number of carbonyl (C=O) groups excluding carboxylic acids is 1. The van der Waals surface area contributed by atoms with E-state index in [4.69, 9.17) is 0 Å². The third-order valence-electron chi connectivity index (χ3n) is 3.61. The summed E-state index contributed by atoms with van der Waals surface area (Å²) in [4.78, 5) is 13.9. The van der Waals surface area contributed by atoms with Crippen molar-refractivity contribution in [3.63, 3.8) is 0 Å². The molecule has 0 unspecified atom stereocenters. The number of sulfone groups is 1. The predicted molar refractivity (Wildman–Crippen MR) is 65.4 cm³/mol. The monoisotopic (exact) mass is 260 g/mol. The SMILES string of the molecule is O=C(CC1CCS(=O)(=O)CC1)N1CCNCC1. The number of carbonyl (C=O) groups is 1. The molecular formula is C11H20N2O3S. The zero-order valence-electron chi connectivity index (χ0n) is 10.0. The fourth-order valence-electron chi connectivity index (χ4n) is 2.43. The van der Waals surface area contributed by atoms with Crippen LogP contribution in [0.4, 0.5) is 0 Å². The number of hydrogen-bond donors (Lipinski definition) is 1. The molecule has 5 nitrogen and oxygen atoms in total. The molecule has 0 aromatic carbocycles. The third kappa shape index (κ3) is 3.67. The fourth-order valence-corrected chi connectivity index (χ4v) is 4.02. The highest BCUT2D eigenvalue weighted by Gasteiger charge is 2.27. The van der Waals surface area contributed by atoms with Crippen molar-refractivity contribution in [1.82, 2.24) is 10.2 Å². The first-order valence-corrected chi connectivity index (χ1v) is 8.08. The first kappa shape index (κ1) is 12.8. The Morgan fingerprint density at radius 1 is 1.18 bits per heavy atom. The van der Waals surface area contributed by atoms with Crippen LogP contribution in [0.25, 0.3) is 0 Å². The number of amides is 1. The average molecular weight is 260 g/mol. The zero-order chi connectivity index (χ0) is 12.3. The van der Waals surface area contributed by atoms with Crippen molar-refractivity contribution in [3.8, 4) is 0 Å². The lowest BCUT2D eigenvalue weighted by atomic mass is 9.98. The molecule has 0 bridgehead atoms. The predicted octanol–water partition coefficient (Wildman–Crippen LogP) is -0.367. The quantitative estimate of drug-likeness (QED) is 0.736. The Labute approximate surface area is 102 Å². The van der Waals surface area contributed by atoms with Crippen LogP contribution in [-0.2, 0) is 14.6 Å². The minimum atomic E-state index is -2.81. The van der Waals surface area contributed by atoms with Gasteiger partial charge in [-0.15, -0.1) is 0 Å². The van der Waals surface area contributed by atoms with Gasteiger partial charge in [0, 0.05) is 32.6 Å². The van der Waals surface area contributed by atoms with E-state index in [-0.39, 0.29) is 23.3 Å². The van der Waals surface area contributed by atoms with Crippen molar-refractivity contribution < 1.29 is 13.2 Å². The standard InChI is InChI=1S/C11H20N2O3S/c14-11(13-5-3-12-4-6-13)9-10-1-7-17(15,16)8-2-10/h10,12H,1-9H2. The topological polar surface area (TPSA) is 66.5 Å². The van der Waals surface area contributed by atoms with E-state index in [1.807, 2.05) is 4.90 Å². The molecule has 0 saturated carbocycles. The van der Waals surface area contributed by atoms with Crippen molar-refractivity contribution in [2.75, 3.05) is 37.7 Å². The first-order valence-electron chi connectivity index (χ1n) is 6.26. The molecule has 0 atom stereocenters. The fraction of sp³-hybridized carbons (Fsp3) is 0.909. The van der Waals surface area contributed by atoms with E-state index in [1.165, 1.54) is 0 Å². The largest absolute Gasteiger partial charge is 0.340 e. The van der Waals surface area contributed by atoms with Crippen LogP contribution in [0.15, 0.2) is 0 Å². The maximum Gasteiger partial charge on any atom is 0.222 e.